The van der Waals surface area contributed by atoms with Crippen molar-refractivity contribution in [1.82, 2.24) is 4.90 Å². The van der Waals surface area contributed by atoms with Gasteiger partial charge in [-0.1, -0.05) is 55.9 Å². The summed E-state index contributed by atoms with van der Waals surface area (Å²) < 4.78 is 0.267. The highest BCUT2D eigenvalue weighted by molar-refractivity contribution is 8.26. The molecule has 1 aliphatic heterocycles. The topological polar surface area (TPSA) is 77.8 Å². The van der Waals surface area contributed by atoms with Crippen LogP contribution >= 0.6 is 24.0 Å². The maximum Gasteiger partial charge on any atom is 0.326 e. The van der Waals surface area contributed by atoms with Gasteiger partial charge in [0.1, 0.15) is 16.1 Å². The maximum atomic E-state index is 12.5. The third-order valence-electron chi connectivity index (χ3n) is 3.44. The van der Waals surface area contributed by atoms with E-state index in [2.05, 4.69) is 0 Å². The van der Waals surface area contributed by atoms with Gasteiger partial charge < -0.3 is 10.2 Å². The van der Waals surface area contributed by atoms with Crippen LogP contribution in [-0.4, -0.2) is 37.4 Å². The maximum absolute atomic E-state index is 12.5. The fraction of sp³-hybridized carbons (Fsp3) is 0.312. The Labute approximate surface area is 144 Å². The average Bonchev–Trinajstić information content (AvgIpc) is 2.77. The predicted octanol–water partition coefficient (Wildman–Crippen LogP) is 3.24. The Kier molecular flexibility index (Phi) is 5.79. The molecule has 1 amide bonds. The molecule has 1 unspecified atom stereocenters. The Morgan fingerprint density at radius 3 is 2.61 bits per heavy atom. The minimum atomic E-state index is -1.04. The van der Waals surface area contributed by atoms with Crippen LogP contribution < -0.4 is 0 Å². The van der Waals surface area contributed by atoms with Crippen molar-refractivity contribution in [3.8, 4) is 5.75 Å². The van der Waals surface area contributed by atoms with Gasteiger partial charge in [0.15, 0.2) is 0 Å². The van der Waals surface area contributed by atoms with Crippen LogP contribution in [0.5, 0.6) is 5.75 Å². The molecule has 1 aromatic rings. The van der Waals surface area contributed by atoms with Gasteiger partial charge in [-0.3, -0.25) is 9.69 Å². The number of benzene rings is 1. The van der Waals surface area contributed by atoms with E-state index < -0.39 is 12.0 Å². The number of rotatable bonds is 6. The number of carboxylic acids is 1. The molecule has 2 N–H and O–H groups in total. The van der Waals surface area contributed by atoms with Gasteiger partial charge in [0.05, 0.1) is 4.91 Å². The molecule has 2 rings (SSSR count). The lowest BCUT2D eigenvalue weighted by Gasteiger charge is -2.22. The molecule has 1 saturated heterocycles. The van der Waals surface area contributed by atoms with Crippen LogP contribution in [-0.2, 0) is 9.59 Å². The van der Waals surface area contributed by atoms with Crippen LogP contribution in [0.1, 0.15) is 31.7 Å². The molecule has 122 valence electrons. The van der Waals surface area contributed by atoms with Gasteiger partial charge in [-0.15, -0.1) is 0 Å². The smallest absolute Gasteiger partial charge is 0.326 e. The van der Waals surface area contributed by atoms with Crippen LogP contribution in [0.15, 0.2) is 29.2 Å². The summed E-state index contributed by atoms with van der Waals surface area (Å²) in [6, 6.07) is 5.47. The molecule has 0 bridgehead atoms. The summed E-state index contributed by atoms with van der Waals surface area (Å²) in [5.74, 6) is -1.28. The Hall–Kier alpha value is -1.86. The molecular formula is C16H17NO4S2. The second-order valence-electron chi connectivity index (χ2n) is 5.14. The van der Waals surface area contributed by atoms with Crippen molar-refractivity contribution in [3.63, 3.8) is 0 Å². The first-order valence-electron chi connectivity index (χ1n) is 7.23. The Bertz CT molecular complexity index is 655. The second-order valence-corrected chi connectivity index (χ2v) is 6.82. The molecule has 0 aromatic heterocycles. The van der Waals surface area contributed by atoms with Crippen molar-refractivity contribution in [1.29, 1.82) is 0 Å². The largest absolute Gasteiger partial charge is 0.508 e. The van der Waals surface area contributed by atoms with Gasteiger partial charge in [0.25, 0.3) is 5.91 Å². The molecular weight excluding hydrogens is 334 g/mol. The Morgan fingerprint density at radius 2 is 2.04 bits per heavy atom. The van der Waals surface area contributed by atoms with E-state index in [0.29, 0.717) is 17.7 Å². The van der Waals surface area contributed by atoms with Crippen molar-refractivity contribution in [2.75, 3.05) is 0 Å². The van der Waals surface area contributed by atoms with E-state index >= 15 is 0 Å². The van der Waals surface area contributed by atoms with Crippen molar-refractivity contribution >= 4 is 46.3 Å². The van der Waals surface area contributed by atoms with Gasteiger partial charge in [0.2, 0.25) is 0 Å². The summed E-state index contributed by atoms with van der Waals surface area (Å²) in [6.07, 6.45) is 3.59. The molecule has 5 nitrogen and oxygen atoms in total. The Balaban J connectivity index is 2.24. The quantitative estimate of drug-likeness (QED) is 0.605. The fourth-order valence-electron chi connectivity index (χ4n) is 2.23. The third kappa shape index (κ3) is 4.11. The zero-order chi connectivity index (χ0) is 17.0. The van der Waals surface area contributed by atoms with E-state index in [1.165, 1.54) is 17.0 Å². The summed E-state index contributed by atoms with van der Waals surface area (Å²) in [6.45, 7) is 1.97. The number of thiocarbonyl (C=S) groups is 1. The average molecular weight is 351 g/mol. The lowest BCUT2D eigenvalue weighted by atomic mass is 10.1. The standard InChI is InChI=1S/C16H17NO4S2/c1-2-3-4-12(15(20)21)17-14(19)13(23-16(17)22)9-10-5-7-11(18)8-6-10/h5-9,12,18H,2-4H2,1H3,(H,20,21). The summed E-state index contributed by atoms with van der Waals surface area (Å²) in [4.78, 5) is 25.6. The van der Waals surface area contributed by atoms with E-state index in [1.54, 1.807) is 18.2 Å². The predicted molar refractivity (Wildman–Crippen MR) is 94.1 cm³/mol. The highest BCUT2D eigenvalue weighted by atomic mass is 32.2. The lowest BCUT2D eigenvalue weighted by molar-refractivity contribution is -0.145. The van der Waals surface area contributed by atoms with Crippen LogP contribution in [0.4, 0.5) is 0 Å². The molecule has 0 radical (unpaired) electrons. The number of carbonyl (C=O) groups is 2. The van der Waals surface area contributed by atoms with E-state index in [-0.39, 0.29) is 16.0 Å². The molecule has 1 atom stereocenters. The van der Waals surface area contributed by atoms with Gasteiger partial charge in [-0.25, -0.2) is 4.79 Å². The first-order chi connectivity index (χ1) is 10.9. The van der Waals surface area contributed by atoms with Gasteiger partial charge in [-0.2, -0.15) is 0 Å². The van der Waals surface area contributed by atoms with E-state index in [1.807, 2.05) is 6.92 Å². The molecule has 1 aliphatic rings. The lowest BCUT2D eigenvalue weighted by Crippen LogP contribution is -2.43. The number of phenolic OH excluding ortho intramolecular Hbond substituents is 1. The number of phenols is 1. The van der Waals surface area contributed by atoms with Crippen LogP contribution in [0, 0.1) is 0 Å². The third-order valence-corrected chi connectivity index (χ3v) is 4.77. The first kappa shape index (κ1) is 17.5. The number of carbonyl (C=O) groups excluding carboxylic acids is 1. The first-order valence-corrected chi connectivity index (χ1v) is 8.45. The number of amides is 1. The number of thioether (sulfide) groups is 1. The van der Waals surface area contributed by atoms with Gasteiger partial charge >= 0.3 is 5.97 Å². The zero-order valence-corrected chi connectivity index (χ0v) is 14.2. The van der Waals surface area contributed by atoms with E-state index in [4.69, 9.17) is 12.2 Å². The molecule has 7 heteroatoms. The number of hydrogen-bond donors (Lipinski definition) is 2. The second kappa shape index (κ2) is 7.61. The molecule has 0 saturated carbocycles. The Morgan fingerprint density at radius 1 is 1.39 bits per heavy atom. The minimum absolute atomic E-state index is 0.139. The molecule has 1 fully saturated rings. The molecule has 0 aliphatic carbocycles. The summed E-state index contributed by atoms with van der Waals surface area (Å²) in [7, 11) is 0. The van der Waals surface area contributed by atoms with Gasteiger partial charge in [0, 0.05) is 0 Å². The summed E-state index contributed by atoms with van der Waals surface area (Å²) >= 11 is 6.30. The van der Waals surface area contributed by atoms with Crippen molar-refractivity contribution in [2.45, 2.75) is 32.2 Å². The van der Waals surface area contributed by atoms with Gasteiger partial charge in [-0.05, 0) is 30.2 Å². The zero-order valence-electron chi connectivity index (χ0n) is 12.6. The highest BCUT2D eigenvalue weighted by Gasteiger charge is 2.40. The van der Waals surface area contributed by atoms with Crippen molar-refractivity contribution in [2.24, 2.45) is 0 Å². The van der Waals surface area contributed by atoms with E-state index in [9.17, 15) is 19.8 Å². The van der Waals surface area contributed by atoms with Crippen LogP contribution in [0.2, 0.25) is 0 Å². The molecule has 0 spiro atoms. The minimum Gasteiger partial charge on any atom is -0.508 e. The monoisotopic (exact) mass is 351 g/mol. The van der Waals surface area contributed by atoms with Crippen LogP contribution in [0.25, 0.3) is 6.08 Å². The summed E-state index contributed by atoms with van der Waals surface area (Å²) in [5.41, 5.74) is 0.740. The molecule has 1 heterocycles. The van der Waals surface area contributed by atoms with Crippen molar-refractivity contribution in [3.05, 3.63) is 34.7 Å². The normalized spacial score (nSPS) is 17.8. The van der Waals surface area contributed by atoms with E-state index in [0.717, 1.165) is 23.7 Å². The number of aromatic hydroxyl groups is 1. The number of unbranched alkanes of at least 4 members (excludes halogenated alkanes) is 1. The van der Waals surface area contributed by atoms with Crippen molar-refractivity contribution < 1.29 is 19.8 Å². The number of hydrogen-bond acceptors (Lipinski definition) is 5. The fourth-order valence-corrected chi connectivity index (χ4v) is 3.59. The van der Waals surface area contributed by atoms with Crippen LogP contribution in [0.3, 0.4) is 0 Å². The highest BCUT2D eigenvalue weighted by Crippen LogP contribution is 2.35. The number of carboxylic acid groups (broad SMARTS) is 1. The summed E-state index contributed by atoms with van der Waals surface area (Å²) in [5, 5.41) is 18.7. The SMILES string of the molecule is CCCCC(C(=O)O)N1C(=O)C(=Cc2ccc(O)cc2)SC1=S. The molecule has 23 heavy (non-hydrogen) atoms. The number of aliphatic carboxylic acids is 1. The number of nitrogens with zero attached hydrogens (tertiary/aromatic N) is 1. The molecule has 1 aromatic carbocycles.